The first-order valence-electron chi connectivity index (χ1n) is 12.5. The zero-order valence-corrected chi connectivity index (χ0v) is 22.5. The molecule has 0 bridgehead atoms. The number of hydrogen-bond donors (Lipinski definition) is 4. The largest absolute Gasteiger partial charge is 0.494 e. The van der Waals surface area contributed by atoms with Gasteiger partial charge in [-0.1, -0.05) is 24.0 Å². The number of alkyl carbamates (subject to hydrolysis) is 1. The molecule has 0 aliphatic carbocycles. The number of fused-ring (bicyclic) bond motifs is 1. The summed E-state index contributed by atoms with van der Waals surface area (Å²) in [5, 5.41) is 9.12. The molecule has 4 N–H and O–H groups in total. The quantitative estimate of drug-likeness (QED) is 0.366. The highest BCUT2D eigenvalue weighted by molar-refractivity contribution is 6.06. The fourth-order valence-corrected chi connectivity index (χ4v) is 4.28. The molecule has 3 aromatic rings. The van der Waals surface area contributed by atoms with Gasteiger partial charge < -0.3 is 30.4 Å². The van der Waals surface area contributed by atoms with Gasteiger partial charge in [0, 0.05) is 36.6 Å². The zero-order chi connectivity index (χ0) is 27.4. The molecule has 0 fully saturated rings. The topological polar surface area (TPSA) is 117 Å². The van der Waals surface area contributed by atoms with Crippen LogP contribution in [0.4, 0.5) is 16.2 Å². The van der Waals surface area contributed by atoms with Gasteiger partial charge in [0.25, 0.3) is 5.91 Å². The standard InChI is InChI=1S/C29H33N5O4/c1-17-8-7-9-22(26(17)37-6)34-25-23-21(13-15-31-27(23)35)33-24(25)20-12-14-30-16-19(20)11-10-18(2)32-28(36)38-29(3,4)5/h7-9,12,14,16,18,33-34H,13,15H2,1-6H3,(H,31,35)(H,32,36)/t18-/m1/s1. The Balaban J connectivity index is 1.74. The van der Waals surface area contributed by atoms with Crippen molar-refractivity contribution in [2.24, 2.45) is 0 Å². The third kappa shape index (κ3) is 5.92. The molecule has 0 spiro atoms. The van der Waals surface area contributed by atoms with E-state index >= 15 is 0 Å². The minimum Gasteiger partial charge on any atom is -0.494 e. The van der Waals surface area contributed by atoms with Gasteiger partial charge in [0.1, 0.15) is 11.4 Å². The van der Waals surface area contributed by atoms with Crippen molar-refractivity contribution in [1.29, 1.82) is 0 Å². The molecule has 1 aliphatic rings. The summed E-state index contributed by atoms with van der Waals surface area (Å²) >= 11 is 0. The van der Waals surface area contributed by atoms with Crippen molar-refractivity contribution in [3.05, 3.63) is 59.0 Å². The molecule has 9 heteroatoms. The highest BCUT2D eigenvalue weighted by Gasteiger charge is 2.28. The van der Waals surface area contributed by atoms with Gasteiger partial charge >= 0.3 is 6.09 Å². The van der Waals surface area contributed by atoms with Crippen molar-refractivity contribution in [3.63, 3.8) is 0 Å². The Kier molecular flexibility index (Phi) is 7.62. The number of para-hydroxylation sites is 1. The Morgan fingerprint density at radius 1 is 1.24 bits per heavy atom. The predicted octanol–water partition coefficient (Wildman–Crippen LogP) is 4.69. The van der Waals surface area contributed by atoms with E-state index in [4.69, 9.17) is 9.47 Å². The second-order valence-electron chi connectivity index (χ2n) is 10.1. The first-order valence-corrected chi connectivity index (χ1v) is 12.5. The maximum absolute atomic E-state index is 13.0. The van der Waals surface area contributed by atoms with Crippen LogP contribution in [0.2, 0.25) is 0 Å². The molecule has 1 atom stereocenters. The maximum Gasteiger partial charge on any atom is 0.408 e. The average molecular weight is 516 g/mol. The third-order valence-electron chi connectivity index (χ3n) is 5.89. The second kappa shape index (κ2) is 10.9. The molecule has 9 nitrogen and oxygen atoms in total. The van der Waals surface area contributed by atoms with Crippen LogP contribution < -0.4 is 20.7 Å². The number of ether oxygens (including phenoxy) is 2. The molecule has 3 heterocycles. The van der Waals surface area contributed by atoms with Gasteiger partial charge in [-0.15, -0.1) is 0 Å². The number of aromatic amines is 1. The van der Waals surface area contributed by atoms with Gasteiger partial charge in [0.2, 0.25) is 0 Å². The third-order valence-corrected chi connectivity index (χ3v) is 5.89. The molecule has 1 aromatic carbocycles. The summed E-state index contributed by atoms with van der Waals surface area (Å²) in [5.74, 6) is 6.74. The van der Waals surface area contributed by atoms with E-state index in [1.165, 1.54) is 0 Å². The number of pyridine rings is 1. The van der Waals surface area contributed by atoms with Crippen molar-refractivity contribution < 1.29 is 19.1 Å². The Morgan fingerprint density at radius 2 is 2.03 bits per heavy atom. The van der Waals surface area contributed by atoms with E-state index in [0.717, 1.165) is 28.2 Å². The fraction of sp³-hybridized carbons (Fsp3) is 0.345. The molecule has 1 aliphatic heterocycles. The number of H-pyrrole nitrogens is 1. The minimum atomic E-state index is -0.601. The van der Waals surface area contributed by atoms with Crippen LogP contribution >= 0.6 is 0 Å². The van der Waals surface area contributed by atoms with Crippen LogP contribution in [-0.4, -0.2) is 47.3 Å². The maximum atomic E-state index is 13.0. The van der Waals surface area contributed by atoms with Crippen LogP contribution in [0.5, 0.6) is 5.75 Å². The Labute approximate surface area is 222 Å². The second-order valence-corrected chi connectivity index (χ2v) is 10.1. The lowest BCUT2D eigenvalue weighted by molar-refractivity contribution is 0.0519. The molecule has 2 amide bonds. The fourth-order valence-electron chi connectivity index (χ4n) is 4.28. The smallest absolute Gasteiger partial charge is 0.408 e. The number of hydrogen-bond acceptors (Lipinski definition) is 6. The molecule has 38 heavy (non-hydrogen) atoms. The number of nitrogens with zero attached hydrogens (tertiary/aromatic N) is 1. The number of anilines is 2. The molecule has 0 unspecified atom stereocenters. The first-order chi connectivity index (χ1) is 18.1. The molecule has 0 saturated heterocycles. The number of rotatable bonds is 5. The first kappa shape index (κ1) is 26.6. The molecular weight excluding hydrogens is 482 g/mol. The summed E-state index contributed by atoms with van der Waals surface area (Å²) in [6.07, 6.45) is 3.48. The van der Waals surface area contributed by atoms with E-state index in [0.29, 0.717) is 35.5 Å². The SMILES string of the molecule is COc1c(C)cccc1Nc1c(-c2ccncc2C#C[C@@H](C)NC(=O)OC(C)(C)C)[nH]c2c1C(=O)NCC2. The lowest BCUT2D eigenvalue weighted by atomic mass is 10.0. The highest BCUT2D eigenvalue weighted by Crippen LogP contribution is 2.40. The number of aromatic nitrogens is 2. The van der Waals surface area contributed by atoms with E-state index in [-0.39, 0.29) is 5.91 Å². The van der Waals surface area contributed by atoms with E-state index in [1.807, 2.05) is 31.2 Å². The van der Waals surface area contributed by atoms with Crippen LogP contribution in [0.1, 0.15) is 54.9 Å². The van der Waals surface area contributed by atoms with E-state index in [2.05, 4.69) is 37.8 Å². The molecule has 2 aromatic heterocycles. The van der Waals surface area contributed by atoms with Gasteiger partial charge in [-0.3, -0.25) is 9.78 Å². The Hall–Kier alpha value is -4.45. The summed E-state index contributed by atoms with van der Waals surface area (Å²) in [6, 6.07) is 7.20. The van der Waals surface area contributed by atoms with E-state index in [1.54, 1.807) is 47.2 Å². The number of carbonyl (C=O) groups excluding carboxylic acids is 2. The summed E-state index contributed by atoms with van der Waals surface area (Å²) in [5.41, 5.74) is 5.28. The van der Waals surface area contributed by atoms with Crippen LogP contribution in [0.3, 0.4) is 0 Å². The van der Waals surface area contributed by atoms with E-state index < -0.39 is 17.7 Å². The van der Waals surface area contributed by atoms with Crippen molar-refractivity contribution in [3.8, 4) is 28.8 Å². The zero-order valence-electron chi connectivity index (χ0n) is 22.5. The predicted molar refractivity (Wildman–Crippen MR) is 147 cm³/mol. The van der Waals surface area contributed by atoms with Crippen LogP contribution in [0.25, 0.3) is 11.3 Å². The molecule has 0 saturated carbocycles. The van der Waals surface area contributed by atoms with Crippen molar-refractivity contribution in [2.45, 2.75) is 52.7 Å². The number of carbonyl (C=O) groups is 2. The monoisotopic (exact) mass is 515 g/mol. The van der Waals surface area contributed by atoms with Crippen LogP contribution in [-0.2, 0) is 11.2 Å². The number of benzene rings is 1. The lowest BCUT2D eigenvalue weighted by Crippen LogP contribution is -2.37. The number of amides is 2. The highest BCUT2D eigenvalue weighted by atomic mass is 16.6. The minimum absolute atomic E-state index is 0.153. The van der Waals surface area contributed by atoms with Crippen molar-refractivity contribution in [2.75, 3.05) is 19.0 Å². The number of methoxy groups -OCH3 is 1. The molecule has 4 rings (SSSR count). The summed E-state index contributed by atoms with van der Waals surface area (Å²) < 4.78 is 11.0. The Morgan fingerprint density at radius 3 is 2.76 bits per heavy atom. The van der Waals surface area contributed by atoms with Crippen LogP contribution in [0, 0.1) is 18.8 Å². The van der Waals surface area contributed by atoms with Gasteiger partial charge in [0.05, 0.1) is 41.3 Å². The Bertz CT molecular complexity index is 1420. The van der Waals surface area contributed by atoms with Gasteiger partial charge in [-0.2, -0.15) is 0 Å². The van der Waals surface area contributed by atoms with Gasteiger partial charge in [0.15, 0.2) is 0 Å². The average Bonchev–Trinajstić information content (AvgIpc) is 3.21. The normalized spacial score (nSPS) is 13.4. The summed E-state index contributed by atoms with van der Waals surface area (Å²) in [6.45, 7) is 9.71. The lowest BCUT2D eigenvalue weighted by Gasteiger charge is -2.20. The molecular formula is C29H33N5O4. The van der Waals surface area contributed by atoms with Crippen LogP contribution in [0.15, 0.2) is 36.7 Å². The van der Waals surface area contributed by atoms with Gasteiger partial charge in [-0.25, -0.2) is 4.79 Å². The van der Waals surface area contributed by atoms with Crippen molar-refractivity contribution in [1.82, 2.24) is 20.6 Å². The van der Waals surface area contributed by atoms with Crippen molar-refractivity contribution >= 4 is 23.4 Å². The number of aryl methyl sites for hydroxylation is 1. The summed E-state index contributed by atoms with van der Waals surface area (Å²) in [7, 11) is 1.62. The summed E-state index contributed by atoms with van der Waals surface area (Å²) in [4.78, 5) is 32.8. The molecule has 0 radical (unpaired) electrons. The number of nitrogens with one attached hydrogen (secondary N) is 4. The molecule has 198 valence electrons. The van der Waals surface area contributed by atoms with Gasteiger partial charge in [-0.05, 0) is 52.3 Å². The van der Waals surface area contributed by atoms with E-state index in [9.17, 15) is 9.59 Å².